The lowest BCUT2D eigenvalue weighted by molar-refractivity contribution is -0.197. The first kappa shape index (κ1) is 56.1. The van der Waals surface area contributed by atoms with Gasteiger partial charge in [0.25, 0.3) is 5.91 Å². The molecule has 2 aromatic heterocycles. The molecule has 1 aromatic carbocycles. The number of nitrogens with zero attached hydrogens (tertiary/aromatic N) is 8. The summed E-state index contributed by atoms with van der Waals surface area (Å²) < 4.78 is 66.2. The van der Waals surface area contributed by atoms with Crippen LogP contribution in [0.25, 0.3) is 22.2 Å². The van der Waals surface area contributed by atoms with Crippen molar-refractivity contribution in [2.24, 2.45) is 17.3 Å². The first-order valence-corrected chi connectivity index (χ1v) is 30.9. The van der Waals surface area contributed by atoms with E-state index in [1.54, 1.807) is 0 Å². The van der Waals surface area contributed by atoms with Gasteiger partial charge in [0, 0.05) is 105 Å². The molecule has 21 heteroatoms. The number of esters is 1. The van der Waals surface area contributed by atoms with Crippen LogP contribution in [-0.2, 0) is 46.4 Å². The fourth-order valence-corrected chi connectivity index (χ4v) is 15.0. The Balaban J connectivity index is 0.823. The number of carbonyl (C=O) groups excluding carboxylic acids is 4. The number of fused-ring (bicyclic) bond motifs is 6. The normalized spacial score (nSPS) is 29.0. The molecule has 9 fully saturated rings. The number of pyridine rings is 1. The number of rotatable bonds is 11. The van der Waals surface area contributed by atoms with Crippen molar-refractivity contribution >= 4 is 46.0 Å². The van der Waals surface area contributed by atoms with Crippen LogP contribution in [0.15, 0.2) is 30.5 Å². The highest BCUT2D eigenvalue weighted by molar-refractivity contribution is 5.95. The number of hydrazine groups is 1. The number of amides is 3. The summed E-state index contributed by atoms with van der Waals surface area (Å²) in [7, 11) is 0. The second-order valence-electron chi connectivity index (χ2n) is 27.0. The zero-order valence-electron chi connectivity index (χ0n) is 48.3. The zero-order chi connectivity index (χ0) is 56.8. The van der Waals surface area contributed by atoms with E-state index >= 15 is 22.8 Å². The van der Waals surface area contributed by atoms with Gasteiger partial charge in [-0.05, 0) is 105 Å². The van der Waals surface area contributed by atoms with Crippen molar-refractivity contribution in [2.45, 2.75) is 171 Å². The van der Waals surface area contributed by atoms with Gasteiger partial charge in [0.05, 0.1) is 68.3 Å². The smallest absolute Gasteiger partial charge is 0.406 e. The molecule has 18 nitrogen and oxygen atoms in total. The van der Waals surface area contributed by atoms with Gasteiger partial charge in [-0.15, -0.1) is 0 Å². The van der Waals surface area contributed by atoms with Crippen molar-refractivity contribution in [3.8, 4) is 11.3 Å². The van der Waals surface area contributed by atoms with Gasteiger partial charge in [-0.2, -0.15) is 13.2 Å². The number of carbonyl (C=O) groups is 4. The topological polar surface area (TPSA) is 179 Å². The fourth-order valence-electron chi connectivity index (χ4n) is 15.0. The van der Waals surface area contributed by atoms with Gasteiger partial charge >= 0.3 is 12.1 Å². The molecule has 3 saturated carbocycles. The summed E-state index contributed by atoms with van der Waals surface area (Å²) in [6, 6.07) is 6.17. The maximum absolute atomic E-state index is 15.3. The SMILES string of the molecule is CC(C)c1ncc(N2CCN(C3CC3)CC2)cc1-c1c2c3cc(ccc3n1CC(F)(F)F)N1CCO[C@@H](C[C@H](NC(=O)[C@H](C3CCCC3)N3CCOC4(CN(C(=O)[C@@H]5N[C@@H]5C5CC5)C4)C3)C(=O)N3CCC[C@H](N3)C(=O)OCC(C)(C)C2)C1. The lowest BCUT2D eigenvalue weighted by Gasteiger charge is -2.55. The quantitative estimate of drug-likeness (QED) is 0.160. The predicted molar refractivity (Wildman–Crippen MR) is 303 cm³/mol. The third-order valence-electron chi connectivity index (χ3n) is 19.6. The van der Waals surface area contributed by atoms with E-state index in [0.29, 0.717) is 112 Å². The first-order chi connectivity index (χ1) is 39.4. The highest BCUT2D eigenvalue weighted by Crippen LogP contribution is 2.46. The Morgan fingerprint density at radius 3 is 2.39 bits per heavy atom. The van der Waals surface area contributed by atoms with Crippen molar-refractivity contribution < 1.29 is 46.6 Å². The predicted octanol–water partition coefficient (Wildman–Crippen LogP) is 5.60. The lowest BCUT2D eigenvalue weighted by Crippen LogP contribution is -2.73. The average Bonchev–Trinajstić information content (AvgIpc) is 4.26. The Labute approximate surface area is 479 Å². The number of benzene rings is 1. The van der Waals surface area contributed by atoms with Crippen LogP contribution in [0.2, 0.25) is 0 Å². The first-order valence-electron chi connectivity index (χ1n) is 30.9. The van der Waals surface area contributed by atoms with Crippen LogP contribution in [0, 0.1) is 17.3 Å². The monoisotopic (exact) mass is 1140 g/mol. The second kappa shape index (κ2) is 22.1. The summed E-state index contributed by atoms with van der Waals surface area (Å²) in [6.45, 7) is 14.1. The van der Waals surface area contributed by atoms with E-state index in [9.17, 15) is 9.59 Å². The number of ether oxygens (including phenoxy) is 3. The standard InChI is InChI=1S/C61H84F3N11O7/c1-37(2)50-45(27-42(30-65-50)70-20-18-69(19-21-70)40-13-14-40)54-46-29-59(3,4)36-81-58(79)47-10-7-17-75(68-47)56(77)48(28-43-31-71(22-24-80-43)41-15-16-49(44(46)26-41)74(54)35-61(62,63)64)66-55(76)53(39-8-5-6-9-39)72-23-25-82-60(32-72)33-73(34-60)57(78)52-51(67-52)38-11-12-38/h15-16,26-27,30,37-40,43,47-48,51-53,67-68H,5-14,17-25,28-29,31-36H2,1-4H3,(H,66,76)/t43-,47-,48-,51+,52+,53-/m0/s1. The molecule has 3 aliphatic carbocycles. The van der Waals surface area contributed by atoms with E-state index in [2.05, 4.69) is 41.7 Å². The van der Waals surface area contributed by atoms with E-state index in [-0.39, 0.29) is 61.1 Å². The largest absolute Gasteiger partial charge is 0.464 e. The molecule has 0 radical (unpaired) electrons. The summed E-state index contributed by atoms with van der Waals surface area (Å²) in [5.74, 6) is -0.444. The van der Waals surface area contributed by atoms with E-state index in [1.165, 1.54) is 35.3 Å². The number of nitrogens with one attached hydrogen (secondary N) is 3. The van der Waals surface area contributed by atoms with Crippen molar-refractivity contribution in [3.63, 3.8) is 0 Å². The molecule has 6 saturated heterocycles. The Bertz CT molecular complexity index is 2910. The van der Waals surface area contributed by atoms with Crippen LogP contribution >= 0.6 is 0 Å². The Hall–Kier alpha value is -5.06. The number of cyclic esters (lactones) is 1. The molecule has 13 rings (SSSR count). The van der Waals surface area contributed by atoms with Crippen LogP contribution < -0.4 is 25.9 Å². The van der Waals surface area contributed by atoms with Gasteiger partial charge < -0.3 is 38.8 Å². The molecular weight excluding hydrogens is 1060 g/mol. The number of aromatic nitrogens is 2. The molecule has 1 spiro atoms. The minimum absolute atomic E-state index is 0.0359. The van der Waals surface area contributed by atoms with Gasteiger partial charge in [-0.3, -0.25) is 44.3 Å². The van der Waals surface area contributed by atoms with Crippen LogP contribution in [0.3, 0.4) is 0 Å². The van der Waals surface area contributed by atoms with Crippen LogP contribution in [0.4, 0.5) is 24.5 Å². The number of anilines is 2. The number of alkyl halides is 3. The van der Waals surface area contributed by atoms with Gasteiger partial charge in [0.2, 0.25) is 11.8 Å². The second-order valence-corrected chi connectivity index (χ2v) is 27.0. The molecule has 3 aromatic rings. The molecule has 3 amide bonds. The molecule has 6 atom stereocenters. The molecule has 3 N–H and O–H groups in total. The van der Waals surface area contributed by atoms with Crippen molar-refractivity contribution in [3.05, 3.63) is 41.7 Å². The van der Waals surface area contributed by atoms with E-state index in [0.717, 1.165) is 68.8 Å². The summed E-state index contributed by atoms with van der Waals surface area (Å²) >= 11 is 0. The van der Waals surface area contributed by atoms with Gasteiger partial charge in [0.15, 0.2) is 0 Å². The summed E-state index contributed by atoms with van der Waals surface area (Å²) in [6.07, 6.45) is 6.71. The summed E-state index contributed by atoms with van der Waals surface area (Å²) in [4.78, 5) is 74.4. The van der Waals surface area contributed by atoms with Crippen LogP contribution in [0.5, 0.6) is 0 Å². The molecule has 10 aliphatic rings. The molecule has 446 valence electrons. The number of hydrogen-bond acceptors (Lipinski definition) is 14. The minimum Gasteiger partial charge on any atom is -0.464 e. The van der Waals surface area contributed by atoms with Crippen LogP contribution in [-0.4, -0.2) is 199 Å². The van der Waals surface area contributed by atoms with Gasteiger partial charge in [-0.25, -0.2) is 5.43 Å². The average molecular weight is 1140 g/mol. The van der Waals surface area contributed by atoms with Crippen molar-refractivity contribution in [1.29, 1.82) is 0 Å². The van der Waals surface area contributed by atoms with E-state index in [4.69, 9.17) is 19.2 Å². The van der Waals surface area contributed by atoms with Gasteiger partial charge in [-0.1, -0.05) is 40.5 Å². The van der Waals surface area contributed by atoms with Crippen molar-refractivity contribution in [1.82, 2.24) is 45.3 Å². The summed E-state index contributed by atoms with van der Waals surface area (Å²) in [5, 5.41) is 8.84. The number of morpholine rings is 2. The number of piperazine rings is 1. The molecule has 82 heavy (non-hydrogen) atoms. The molecular formula is C61H84F3N11O7. The van der Waals surface area contributed by atoms with E-state index in [1.807, 2.05) is 57.0 Å². The Kier molecular flexibility index (Phi) is 15.1. The highest BCUT2D eigenvalue weighted by atomic mass is 19.4. The summed E-state index contributed by atoms with van der Waals surface area (Å²) in [5.41, 5.74) is 6.57. The fraction of sp³-hybridized carbons (Fsp3) is 0.721. The molecule has 6 bridgehead atoms. The Morgan fingerprint density at radius 2 is 1.66 bits per heavy atom. The number of halogens is 3. The zero-order valence-corrected chi connectivity index (χ0v) is 48.3. The van der Waals surface area contributed by atoms with Crippen molar-refractivity contribution in [2.75, 3.05) is 102 Å². The Morgan fingerprint density at radius 1 is 0.878 bits per heavy atom. The molecule has 7 aliphatic heterocycles. The highest BCUT2D eigenvalue weighted by Gasteiger charge is 2.58. The number of hydrogen-bond donors (Lipinski definition) is 3. The minimum atomic E-state index is -4.56. The third-order valence-corrected chi connectivity index (χ3v) is 19.6. The van der Waals surface area contributed by atoms with Gasteiger partial charge in [0.1, 0.15) is 30.3 Å². The third kappa shape index (κ3) is 11.6. The van der Waals surface area contributed by atoms with Crippen LogP contribution in [0.1, 0.15) is 115 Å². The van der Waals surface area contributed by atoms with E-state index < -0.39 is 53.9 Å². The maximum atomic E-state index is 15.3. The molecule has 9 heterocycles. The number of likely N-dealkylation sites (tertiary alicyclic amines) is 1. The maximum Gasteiger partial charge on any atom is 0.406 e. The lowest BCUT2D eigenvalue weighted by atomic mass is 9.84. The molecule has 0 unspecified atom stereocenters.